The highest BCUT2D eigenvalue weighted by atomic mass is 16.4. The molecule has 22 heavy (non-hydrogen) atoms. The van der Waals surface area contributed by atoms with E-state index in [2.05, 4.69) is 10.3 Å². The number of hydrogen-bond acceptors (Lipinski definition) is 4. The first-order valence-electron chi connectivity index (χ1n) is 7.31. The summed E-state index contributed by atoms with van der Waals surface area (Å²) in [4.78, 5) is 14.8. The number of benzene rings is 1. The zero-order chi connectivity index (χ0) is 15.8. The first-order chi connectivity index (χ1) is 10.6. The van der Waals surface area contributed by atoms with Gasteiger partial charge in [-0.05, 0) is 42.1 Å². The van der Waals surface area contributed by atoms with Gasteiger partial charge in [0.25, 0.3) is 0 Å². The Bertz CT molecular complexity index is 585. The van der Waals surface area contributed by atoms with Crippen LogP contribution >= 0.6 is 0 Å². The van der Waals surface area contributed by atoms with E-state index in [1.54, 1.807) is 6.20 Å². The van der Waals surface area contributed by atoms with Crippen molar-refractivity contribution in [3.05, 3.63) is 65.5 Å². The van der Waals surface area contributed by atoms with Crippen LogP contribution in [0.5, 0.6) is 0 Å². The molecule has 0 aliphatic rings. The molecule has 0 spiro atoms. The smallest absolute Gasteiger partial charge is 0.320 e. The van der Waals surface area contributed by atoms with Gasteiger partial charge in [0.05, 0.1) is 0 Å². The van der Waals surface area contributed by atoms with Crippen LogP contribution in [0.15, 0.2) is 48.8 Å². The zero-order valence-electron chi connectivity index (χ0n) is 12.4. The number of carbonyl (C=O) groups is 1. The van der Waals surface area contributed by atoms with Crippen LogP contribution in [-0.2, 0) is 24.2 Å². The van der Waals surface area contributed by atoms with Crippen molar-refractivity contribution in [2.75, 3.05) is 6.54 Å². The number of nitrogens with two attached hydrogens (primary N) is 1. The molecule has 116 valence electrons. The molecule has 1 aromatic carbocycles. The average molecular weight is 299 g/mol. The fourth-order valence-electron chi connectivity index (χ4n) is 2.15. The SMILES string of the molecule is N[C@@H](Cc1ccc(CCNCc2cccnc2)cc1)C(=O)O. The lowest BCUT2D eigenvalue weighted by Gasteiger charge is -2.08. The quantitative estimate of drug-likeness (QED) is 0.641. The van der Waals surface area contributed by atoms with Crippen LogP contribution in [0.1, 0.15) is 16.7 Å². The Morgan fingerprint density at radius 2 is 1.91 bits per heavy atom. The van der Waals surface area contributed by atoms with Crippen LogP contribution in [-0.4, -0.2) is 28.6 Å². The van der Waals surface area contributed by atoms with Gasteiger partial charge in [0.2, 0.25) is 0 Å². The number of carboxylic acid groups (broad SMARTS) is 1. The molecule has 0 amide bonds. The third-order valence-electron chi connectivity index (χ3n) is 3.44. The molecule has 2 rings (SSSR count). The molecule has 5 nitrogen and oxygen atoms in total. The van der Waals surface area contributed by atoms with Gasteiger partial charge < -0.3 is 16.2 Å². The summed E-state index contributed by atoms with van der Waals surface area (Å²) in [5.41, 5.74) is 8.85. The predicted octanol–water partition coefficient (Wildman–Crippen LogP) is 1.37. The zero-order valence-corrected chi connectivity index (χ0v) is 12.4. The highest BCUT2D eigenvalue weighted by Gasteiger charge is 2.11. The second-order valence-corrected chi connectivity index (χ2v) is 5.25. The Labute approximate surface area is 130 Å². The van der Waals surface area contributed by atoms with Gasteiger partial charge in [-0.1, -0.05) is 30.3 Å². The molecule has 4 N–H and O–H groups in total. The van der Waals surface area contributed by atoms with E-state index in [0.717, 1.165) is 25.1 Å². The van der Waals surface area contributed by atoms with Crippen LogP contribution in [0.4, 0.5) is 0 Å². The molecule has 0 radical (unpaired) electrons. The van der Waals surface area contributed by atoms with E-state index in [-0.39, 0.29) is 0 Å². The van der Waals surface area contributed by atoms with E-state index in [9.17, 15) is 4.79 Å². The van der Waals surface area contributed by atoms with Crippen molar-refractivity contribution >= 4 is 5.97 Å². The highest BCUT2D eigenvalue weighted by molar-refractivity contribution is 5.73. The lowest BCUT2D eigenvalue weighted by molar-refractivity contribution is -0.138. The van der Waals surface area contributed by atoms with Gasteiger partial charge in [0.1, 0.15) is 6.04 Å². The Morgan fingerprint density at radius 3 is 2.55 bits per heavy atom. The van der Waals surface area contributed by atoms with Crippen LogP contribution in [0, 0.1) is 0 Å². The van der Waals surface area contributed by atoms with Crippen molar-refractivity contribution in [1.82, 2.24) is 10.3 Å². The molecule has 0 fully saturated rings. The van der Waals surface area contributed by atoms with Crippen LogP contribution in [0.25, 0.3) is 0 Å². The topological polar surface area (TPSA) is 88.2 Å². The number of aliphatic carboxylic acids is 1. The molecular weight excluding hydrogens is 278 g/mol. The maximum absolute atomic E-state index is 10.7. The first kappa shape index (κ1) is 16.1. The fraction of sp³-hybridized carbons (Fsp3) is 0.294. The fourth-order valence-corrected chi connectivity index (χ4v) is 2.15. The van der Waals surface area contributed by atoms with Crippen molar-refractivity contribution < 1.29 is 9.90 Å². The van der Waals surface area contributed by atoms with Gasteiger partial charge in [-0.15, -0.1) is 0 Å². The summed E-state index contributed by atoms with van der Waals surface area (Å²) >= 11 is 0. The van der Waals surface area contributed by atoms with Gasteiger partial charge in [-0.2, -0.15) is 0 Å². The number of rotatable bonds is 8. The standard InChI is InChI=1S/C17H21N3O2/c18-16(17(21)22)10-14-5-3-13(4-6-14)7-9-20-12-15-2-1-8-19-11-15/h1-6,8,11,16,20H,7,9-10,12,18H2,(H,21,22)/t16-/m0/s1. The second kappa shape index (κ2) is 8.26. The molecule has 1 heterocycles. The average Bonchev–Trinajstić information content (AvgIpc) is 2.54. The van der Waals surface area contributed by atoms with Crippen LogP contribution in [0.3, 0.4) is 0 Å². The molecule has 0 saturated carbocycles. The first-order valence-corrected chi connectivity index (χ1v) is 7.31. The maximum Gasteiger partial charge on any atom is 0.320 e. The molecule has 0 saturated heterocycles. The maximum atomic E-state index is 10.7. The van der Waals surface area contributed by atoms with E-state index in [4.69, 9.17) is 10.8 Å². The summed E-state index contributed by atoms with van der Waals surface area (Å²) in [5, 5.41) is 12.2. The molecule has 2 aromatic rings. The monoisotopic (exact) mass is 299 g/mol. The lowest BCUT2D eigenvalue weighted by atomic mass is 10.0. The van der Waals surface area contributed by atoms with Crippen LogP contribution in [0.2, 0.25) is 0 Å². The Kier molecular flexibility index (Phi) is 6.06. The van der Waals surface area contributed by atoms with E-state index in [1.807, 2.05) is 42.6 Å². The van der Waals surface area contributed by atoms with E-state index in [1.165, 1.54) is 11.1 Å². The minimum atomic E-state index is -0.969. The number of pyridine rings is 1. The van der Waals surface area contributed by atoms with E-state index >= 15 is 0 Å². The number of nitrogens with one attached hydrogen (secondary N) is 1. The summed E-state index contributed by atoms with van der Waals surface area (Å²) in [6, 6.07) is 11.1. The van der Waals surface area contributed by atoms with Crippen molar-refractivity contribution in [3.63, 3.8) is 0 Å². The highest BCUT2D eigenvalue weighted by Crippen LogP contribution is 2.07. The third-order valence-corrected chi connectivity index (χ3v) is 3.44. The minimum absolute atomic E-state index is 0.356. The van der Waals surface area contributed by atoms with E-state index in [0.29, 0.717) is 6.42 Å². The Morgan fingerprint density at radius 1 is 1.18 bits per heavy atom. The number of nitrogens with zero attached hydrogens (tertiary/aromatic N) is 1. The normalized spacial score (nSPS) is 12.0. The van der Waals surface area contributed by atoms with Crippen molar-refractivity contribution in [2.24, 2.45) is 5.73 Å². The van der Waals surface area contributed by atoms with Gasteiger partial charge in [-0.3, -0.25) is 9.78 Å². The summed E-state index contributed by atoms with van der Waals surface area (Å²) in [5.74, 6) is -0.969. The Hall–Kier alpha value is -2.24. The lowest BCUT2D eigenvalue weighted by Crippen LogP contribution is -2.32. The third kappa shape index (κ3) is 5.27. The molecule has 5 heteroatoms. The minimum Gasteiger partial charge on any atom is -0.480 e. The molecular formula is C17H21N3O2. The largest absolute Gasteiger partial charge is 0.480 e. The number of carboxylic acids is 1. The summed E-state index contributed by atoms with van der Waals surface area (Å²) in [7, 11) is 0. The van der Waals surface area contributed by atoms with Gasteiger partial charge >= 0.3 is 5.97 Å². The molecule has 0 unspecified atom stereocenters. The van der Waals surface area contributed by atoms with Gasteiger partial charge in [0, 0.05) is 18.9 Å². The Balaban J connectivity index is 1.73. The summed E-state index contributed by atoms with van der Waals surface area (Å²) < 4.78 is 0. The molecule has 1 aromatic heterocycles. The molecule has 0 bridgehead atoms. The van der Waals surface area contributed by atoms with E-state index < -0.39 is 12.0 Å². The van der Waals surface area contributed by atoms with Crippen molar-refractivity contribution in [1.29, 1.82) is 0 Å². The molecule has 1 atom stereocenters. The van der Waals surface area contributed by atoms with Crippen molar-refractivity contribution in [3.8, 4) is 0 Å². The molecule has 0 aliphatic carbocycles. The van der Waals surface area contributed by atoms with Gasteiger partial charge in [0.15, 0.2) is 0 Å². The summed E-state index contributed by atoms with van der Waals surface area (Å²) in [6.07, 6.45) is 4.90. The predicted molar refractivity (Wildman–Crippen MR) is 85.4 cm³/mol. The number of aromatic nitrogens is 1. The second-order valence-electron chi connectivity index (χ2n) is 5.25. The van der Waals surface area contributed by atoms with Crippen molar-refractivity contribution in [2.45, 2.75) is 25.4 Å². The van der Waals surface area contributed by atoms with Gasteiger partial charge in [-0.25, -0.2) is 0 Å². The van der Waals surface area contributed by atoms with Crippen LogP contribution < -0.4 is 11.1 Å². The summed E-state index contributed by atoms with van der Waals surface area (Å²) in [6.45, 7) is 1.68. The molecule has 0 aliphatic heterocycles. The number of hydrogen-bond donors (Lipinski definition) is 3.